The van der Waals surface area contributed by atoms with E-state index in [1.165, 1.54) is 12.1 Å². The maximum atomic E-state index is 12.9. The molecule has 2 aromatic rings. The summed E-state index contributed by atoms with van der Waals surface area (Å²) in [5.41, 5.74) is 2.66. The number of piperidine rings is 1. The monoisotopic (exact) mass is 486 g/mol. The van der Waals surface area contributed by atoms with Crippen molar-refractivity contribution in [3.63, 3.8) is 0 Å². The van der Waals surface area contributed by atoms with Crippen molar-refractivity contribution in [1.82, 2.24) is 15.1 Å². The fourth-order valence-corrected chi connectivity index (χ4v) is 5.01. The van der Waals surface area contributed by atoms with E-state index in [9.17, 15) is 27.6 Å². The van der Waals surface area contributed by atoms with Gasteiger partial charge in [0.15, 0.2) is 0 Å². The molecule has 2 aromatic carbocycles. The molecule has 7 nitrogen and oxygen atoms in total. The number of hydrogen-bond donors (Lipinski definition) is 1. The zero-order valence-corrected chi connectivity index (χ0v) is 19.0. The molecule has 0 bridgehead atoms. The summed E-state index contributed by atoms with van der Waals surface area (Å²) in [5.74, 6) is -0.920. The van der Waals surface area contributed by atoms with Crippen LogP contribution < -0.4 is 10.2 Å². The lowest BCUT2D eigenvalue weighted by atomic mass is 10.0. The summed E-state index contributed by atoms with van der Waals surface area (Å²) in [6.45, 7) is 3.98. The number of nitrogens with one attached hydrogen (secondary N) is 1. The predicted octanol–water partition coefficient (Wildman–Crippen LogP) is 2.79. The second-order valence-corrected chi connectivity index (χ2v) is 9.20. The van der Waals surface area contributed by atoms with Crippen LogP contribution in [-0.4, -0.2) is 59.7 Å². The molecular weight excluding hydrogens is 461 g/mol. The van der Waals surface area contributed by atoms with Crippen molar-refractivity contribution < 1.29 is 27.6 Å². The van der Waals surface area contributed by atoms with Crippen molar-refractivity contribution in [2.24, 2.45) is 0 Å². The Labute approximate surface area is 200 Å². The Morgan fingerprint density at radius 3 is 2.31 bits per heavy atom. The second kappa shape index (κ2) is 8.99. The Morgan fingerprint density at radius 2 is 1.66 bits per heavy atom. The maximum Gasteiger partial charge on any atom is 0.416 e. The number of piperazine rings is 1. The first-order valence-corrected chi connectivity index (χ1v) is 11.6. The molecule has 0 saturated carbocycles. The molecule has 1 N–H and O–H groups in total. The smallest absolute Gasteiger partial charge is 0.369 e. The van der Waals surface area contributed by atoms with Gasteiger partial charge in [-0.3, -0.25) is 24.6 Å². The summed E-state index contributed by atoms with van der Waals surface area (Å²) in [7, 11) is 0. The van der Waals surface area contributed by atoms with Gasteiger partial charge in [-0.15, -0.1) is 0 Å². The highest BCUT2D eigenvalue weighted by molar-refractivity contribution is 6.05. The number of imide groups is 1. The van der Waals surface area contributed by atoms with Gasteiger partial charge in [0, 0.05) is 56.9 Å². The molecule has 0 aromatic heterocycles. The van der Waals surface area contributed by atoms with Gasteiger partial charge < -0.3 is 9.80 Å². The average molecular weight is 486 g/mol. The molecular formula is C25H25F3N4O3. The number of fused-ring (bicyclic) bond motifs is 1. The van der Waals surface area contributed by atoms with Gasteiger partial charge in [0.1, 0.15) is 6.04 Å². The van der Waals surface area contributed by atoms with Crippen molar-refractivity contribution in [3.8, 4) is 0 Å². The minimum absolute atomic E-state index is 0.189. The first kappa shape index (κ1) is 23.3. The predicted molar refractivity (Wildman–Crippen MR) is 121 cm³/mol. The highest BCUT2D eigenvalue weighted by Gasteiger charge is 2.39. The Balaban J connectivity index is 1.18. The molecule has 1 unspecified atom stereocenters. The van der Waals surface area contributed by atoms with E-state index in [0.29, 0.717) is 38.2 Å². The van der Waals surface area contributed by atoms with Gasteiger partial charge in [-0.2, -0.15) is 13.2 Å². The molecule has 35 heavy (non-hydrogen) atoms. The van der Waals surface area contributed by atoms with E-state index in [4.69, 9.17) is 0 Å². The fourth-order valence-electron chi connectivity index (χ4n) is 5.01. The fraction of sp³-hybridized carbons (Fsp3) is 0.400. The third-order valence-electron chi connectivity index (χ3n) is 6.93. The molecule has 0 spiro atoms. The highest BCUT2D eigenvalue weighted by Crippen LogP contribution is 2.31. The van der Waals surface area contributed by atoms with E-state index in [1.54, 1.807) is 11.0 Å². The SMILES string of the molecule is O=C1CCC(N2Cc3cc(CN4CCN(c5ccc(C(F)(F)F)cc5)CC4)ccc3C2=O)C(=O)N1. The van der Waals surface area contributed by atoms with Gasteiger partial charge in [-0.05, 0) is 47.9 Å². The Hall–Kier alpha value is -3.40. The van der Waals surface area contributed by atoms with Crippen LogP contribution in [0.2, 0.25) is 0 Å². The number of anilines is 1. The minimum Gasteiger partial charge on any atom is -0.369 e. The average Bonchev–Trinajstić information content (AvgIpc) is 3.14. The van der Waals surface area contributed by atoms with Crippen LogP contribution in [-0.2, 0) is 28.9 Å². The van der Waals surface area contributed by atoms with Gasteiger partial charge in [0.05, 0.1) is 5.56 Å². The van der Waals surface area contributed by atoms with E-state index in [0.717, 1.165) is 42.0 Å². The minimum atomic E-state index is -4.34. The molecule has 3 amide bonds. The third kappa shape index (κ3) is 4.75. The van der Waals surface area contributed by atoms with Crippen molar-refractivity contribution in [1.29, 1.82) is 0 Å². The summed E-state index contributed by atoms with van der Waals surface area (Å²) in [6.07, 6.45) is -3.78. The van der Waals surface area contributed by atoms with E-state index in [-0.39, 0.29) is 18.2 Å². The summed E-state index contributed by atoms with van der Waals surface area (Å²) < 4.78 is 38.4. The molecule has 1 atom stereocenters. The maximum absolute atomic E-state index is 12.9. The van der Waals surface area contributed by atoms with Gasteiger partial charge >= 0.3 is 6.18 Å². The number of halogens is 3. The highest BCUT2D eigenvalue weighted by atomic mass is 19.4. The van der Waals surface area contributed by atoms with Crippen molar-refractivity contribution in [2.45, 2.75) is 38.1 Å². The number of alkyl halides is 3. The zero-order chi connectivity index (χ0) is 24.7. The summed E-state index contributed by atoms with van der Waals surface area (Å²) >= 11 is 0. The number of amides is 3. The molecule has 5 rings (SSSR count). The molecule has 0 aliphatic carbocycles. The van der Waals surface area contributed by atoms with Crippen LogP contribution in [0.4, 0.5) is 18.9 Å². The first-order chi connectivity index (χ1) is 16.7. The second-order valence-electron chi connectivity index (χ2n) is 9.20. The van der Waals surface area contributed by atoms with E-state index in [1.807, 2.05) is 12.1 Å². The van der Waals surface area contributed by atoms with Gasteiger partial charge in [0.2, 0.25) is 11.8 Å². The van der Waals surface area contributed by atoms with Crippen LogP contribution in [0, 0.1) is 0 Å². The molecule has 3 heterocycles. The normalized spacial score (nSPS) is 21.3. The van der Waals surface area contributed by atoms with Crippen LogP contribution in [0.3, 0.4) is 0 Å². The molecule has 3 aliphatic heterocycles. The Bertz CT molecular complexity index is 1160. The standard InChI is InChI=1S/C25H25F3N4O3/c26-25(27,28)18-2-4-19(5-3-18)31-11-9-30(10-12-31)14-16-1-6-20-17(13-16)15-32(24(20)35)21-7-8-22(33)29-23(21)34/h1-6,13,21H,7-12,14-15H2,(H,29,33,34). The number of nitrogens with zero attached hydrogens (tertiary/aromatic N) is 3. The van der Waals surface area contributed by atoms with E-state index >= 15 is 0 Å². The molecule has 184 valence electrons. The summed E-state index contributed by atoms with van der Waals surface area (Å²) in [4.78, 5) is 42.4. The van der Waals surface area contributed by atoms with Gasteiger partial charge in [0.25, 0.3) is 5.91 Å². The molecule has 10 heteroatoms. The third-order valence-corrected chi connectivity index (χ3v) is 6.93. The summed E-state index contributed by atoms with van der Waals surface area (Å²) in [5, 5.41) is 2.31. The van der Waals surface area contributed by atoms with Crippen LogP contribution in [0.1, 0.15) is 39.9 Å². The topological polar surface area (TPSA) is 73.0 Å². The Kier molecular flexibility index (Phi) is 6.00. The number of carbonyl (C=O) groups excluding carboxylic acids is 3. The zero-order valence-electron chi connectivity index (χ0n) is 19.0. The van der Waals surface area contributed by atoms with Crippen LogP contribution >= 0.6 is 0 Å². The van der Waals surface area contributed by atoms with Crippen molar-refractivity contribution >= 4 is 23.4 Å². The Morgan fingerprint density at radius 1 is 0.943 bits per heavy atom. The van der Waals surface area contributed by atoms with Crippen LogP contribution in [0.15, 0.2) is 42.5 Å². The molecule has 2 saturated heterocycles. The number of hydrogen-bond acceptors (Lipinski definition) is 5. The lowest BCUT2D eigenvalue weighted by Crippen LogP contribution is -2.52. The van der Waals surface area contributed by atoms with Gasteiger partial charge in [-0.25, -0.2) is 0 Å². The quantitative estimate of drug-likeness (QED) is 0.673. The lowest BCUT2D eigenvalue weighted by Gasteiger charge is -2.36. The number of benzene rings is 2. The number of rotatable bonds is 4. The van der Waals surface area contributed by atoms with Crippen molar-refractivity contribution in [2.75, 3.05) is 31.1 Å². The largest absolute Gasteiger partial charge is 0.416 e. The van der Waals surface area contributed by atoms with Crippen LogP contribution in [0.25, 0.3) is 0 Å². The van der Waals surface area contributed by atoms with E-state index < -0.39 is 23.7 Å². The molecule has 0 radical (unpaired) electrons. The van der Waals surface area contributed by atoms with Crippen LogP contribution in [0.5, 0.6) is 0 Å². The molecule has 3 aliphatic rings. The van der Waals surface area contributed by atoms with E-state index in [2.05, 4.69) is 15.1 Å². The molecule has 2 fully saturated rings. The first-order valence-electron chi connectivity index (χ1n) is 11.6. The van der Waals surface area contributed by atoms with Crippen molar-refractivity contribution in [3.05, 3.63) is 64.7 Å². The summed E-state index contributed by atoms with van der Waals surface area (Å²) in [6, 6.07) is 10.4. The van der Waals surface area contributed by atoms with Gasteiger partial charge in [-0.1, -0.05) is 12.1 Å². The number of carbonyl (C=O) groups is 3. The lowest BCUT2D eigenvalue weighted by molar-refractivity contribution is -0.138.